The second-order valence-corrected chi connectivity index (χ2v) is 14.6. The summed E-state index contributed by atoms with van der Waals surface area (Å²) in [5, 5.41) is 0. The van der Waals surface area contributed by atoms with E-state index in [0.29, 0.717) is 0 Å². The van der Waals surface area contributed by atoms with Crippen molar-refractivity contribution in [3.8, 4) is 0 Å². The normalized spacial score (nSPS) is 22.4. The molecule has 1 aromatic rings. The van der Waals surface area contributed by atoms with Gasteiger partial charge >= 0.3 is 34.6 Å². The summed E-state index contributed by atoms with van der Waals surface area (Å²) >= 11 is -2.65. The molecular formula is C13H18O2SSn. The Kier molecular flexibility index (Phi) is 5.41. The average molecular weight is 357 g/mol. The van der Waals surface area contributed by atoms with Crippen LogP contribution in [0.2, 0.25) is 14.8 Å². The number of fused-ring (bicyclic) bond motifs is 1. The average Bonchev–Trinajstić information content (AvgIpc) is 2.58. The molecule has 0 heterocycles. The van der Waals surface area contributed by atoms with Gasteiger partial charge in [-0.25, -0.2) is 0 Å². The molecule has 1 aromatic carbocycles. The summed E-state index contributed by atoms with van der Waals surface area (Å²) in [7, 11) is 0. The van der Waals surface area contributed by atoms with E-state index >= 15 is 0 Å². The first-order valence-electron chi connectivity index (χ1n) is 5.53. The van der Waals surface area contributed by atoms with Gasteiger partial charge in [-0.1, -0.05) is 36.4 Å². The molecule has 4 heteroatoms. The van der Waals surface area contributed by atoms with Gasteiger partial charge in [0.25, 0.3) is 0 Å². The van der Waals surface area contributed by atoms with Crippen molar-refractivity contribution in [2.24, 2.45) is 0 Å². The zero-order valence-electron chi connectivity index (χ0n) is 10.7. The molecule has 2 rings (SSSR count). The van der Waals surface area contributed by atoms with Gasteiger partial charge in [-0.3, -0.25) is 4.21 Å². The summed E-state index contributed by atoms with van der Waals surface area (Å²) < 4.78 is 21.2. The Labute approximate surface area is 113 Å². The zero-order valence-corrected chi connectivity index (χ0v) is 14.4. The van der Waals surface area contributed by atoms with E-state index in [-0.39, 0.29) is 0 Å². The molecule has 0 saturated heterocycles. The fourth-order valence-corrected chi connectivity index (χ4v) is 2.12. The number of hydrogen-bond acceptors (Lipinski definition) is 2. The Hall–Kier alpha value is -0.131. The van der Waals surface area contributed by atoms with Gasteiger partial charge < -0.3 is 4.55 Å². The molecule has 1 aliphatic carbocycles. The van der Waals surface area contributed by atoms with Crippen molar-refractivity contribution >= 4 is 36.9 Å². The Morgan fingerprint density at radius 2 is 1.76 bits per heavy atom. The molecule has 2 nitrogen and oxygen atoms in total. The molecule has 0 bridgehead atoms. The summed E-state index contributed by atoms with van der Waals surface area (Å²) in [6, 6.07) is 7.54. The van der Waals surface area contributed by atoms with Gasteiger partial charge in [0.2, 0.25) is 0 Å². The number of rotatable bonds is 1. The van der Waals surface area contributed by atoms with Gasteiger partial charge in [-0.15, -0.1) is 0 Å². The van der Waals surface area contributed by atoms with Crippen molar-refractivity contribution in [1.82, 2.24) is 0 Å². The summed E-state index contributed by atoms with van der Waals surface area (Å²) in [5.74, 6) is 0. The molecule has 1 aliphatic rings. The fourth-order valence-electron chi connectivity index (χ4n) is 1.58. The van der Waals surface area contributed by atoms with E-state index in [9.17, 15) is 8.76 Å². The van der Waals surface area contributed by atoms with E-state index in [1.807, 2.05) is 30.3 Å². The van der Waals surface area contributed by atoms with Crippen LogP contribution in [0.3, 0.4) is 0 Å². The fraction of sp³-hybridized carbons (Fsp3) is 0.385. The molecule has 2 unspecified atom stereocenters. The zero-order chi connectivity index (χ0) is 13.1. The van der Waals surface area contributed by atoms with Crippen LogP contribution in [0.25, 0.3) is 6.08 Å². The van der Waals surface area contributed by atoms with Gasteiger partial charge in [-0.2, -0.15) is 0 Å². The van der Waals surface area contributed by atoms with Gasteiger partial charge in [0.1, 0.15) is 0 Å². The van der Waals surface area contributed by atoms with Gasteiger partial charge in [-0.05, 0) is 29.1 Å². The molecule has 17 heavy (non-hydrogen) atoms. The topological polar surface area (TPSA) is 40.1 Å². The van der Waals surface area contributed by atoms with Crippen molar-refractivity contribution < 1.29 is 8.76 Å². The third-order valence-corrected chi connectivity index (χ3v) is 3.47. The predicted octanol–water partition coefficient (Wildman–Crippen LogP) is 3.18. The molecular weight excluding hydrogens is 339 g/mol. The van der Waals surface area contributed by atoms with Gasteiger partial charge in [0, 0.05) is 0 Å². The molecule has 0 amide bonds. The summed E-state index contributed by atoms with van der Waals surface area (Å²) in [4.78, 5) is 7.09. The van der Waals surface area contributed by atoms with Crippen LogP contribution in [0, 0.1) is 0 Å². The molecule has 0 aromatic heterocycles. The summed E-state index contributed by atoms with van der Waals surface area (Å²) in [6.07, 6.45) is 3.58. The SMILES string of the molecule is CC1(S(=O)[O-])C=Cc2ccccc21.[CH3][Sn+]([CH3])[CH3]. The van der Waals surface area contributed by atoms with E-state index in [0.717, 1.165) is 11.1 Å². The van der Waals surface area contributed by atoms with Crippen molar-refractivity contribution in [3.05, 3.63) is 41.5 Å². The summed E-state index contributed by atoms with van der Waals surface area (Å²) in [6.45, 7) is 1.71. The number of hydrogen-bond donors (Lipinski definition) is 0. The van der Waals surface area contributed by atoms with E-state index < -0.39 is 35.6 Å². The predicted molar refractivity (Wildman–Crippen MR) is 75.1 cm³/mol. The molecule has 0 aliphatic heterocycles. The maximum absolute atomic E-state index is 11.0. The molecule has 0 saturated carbocycles. The first-order chi connectivity index (χ1) is 7.88. The minimum atomic E-state index is -2.10. The van der Waals surface area contributed by atoms with E-state index in [1.54, 1.807) is 13.0 Å². The third-order valence-electron chi connectivity index (χ3n) is 2.42. The van der Waals surface area contributed by atoms with Crippen LogP contribution >= 0.6 is 0 Å². The van der Waals surface area contributed by atoms with Gasteiger partial charge in [0.15, 0.2) is 0 Å². The monoisotopic (exact) mass is 358 g/mol. The Balaban J connectivity index is 0.000000317. The second-order valence-electron chi connectivity index (χ2n) is 4.76. The van der Waals surface area contributed by atoms with Crippen LogP contribution < -0.4 is 0 Å². The van der Waals surface area contributed by atoms with Crippen molar-refractivity contribution in [2.45, 2.75) is 26.5 Å². The van der Waals surface area contributed by atoms with Crippen LogP contribution in [-0.2, 0) is 15.8 Å². The minimum absolute atomic E-state index is 0.543. The van der Waals surface area contributed by atoms with Crippen molar-refractivity contribution in [2.75, 3.05) is 0 Å². The van der Waals surface area contributed by atoms with E-state index in [4.69, 9.17) is 0 Å². The van der Waals surface area contributed by atoms with Crippen molar-refractivity contribution in [1.29, 1.82) is 0 Å². The van der Waals surface area contributed by atoms with Crippen LogP contribution in [0.5, 0.6) is 0 Å². The molecule has 0 spiro atoms. The maximum atomic E-state index is 11.0. The molecule has 0 N–H and O–H groups in total. The van der Waals surface area contributed by atoms with Crippen LogP contribution in [0.15, 0.2) is 30.3 Å². The molecule has 0 radical (unpaired) electrons. The molecule has 2 atom stereocenters. The van der Waals surface area contributed by atoms with Crippen LogP contribution in [-0.4, -0.2) is 28.5 Å². The first-order valence-corrected chi connectivity index (χ1v) is 15.2. The second kappa shape index (κ2) is 6.16. The van der Waals surface area contributed by atoms with Gasteiger partial charge in [0.05, 0.1) is 4.75 Å². The van der Waals surface area contributed by atoms with Crippen LogP contribution in [0.1, 0.15) is 18.1 Å². The van der Waals surface area contributed by atoms with Crippen molar-refractivity contribution in [3.63, 3.8) is 0 Å². The standard InChI is InChI=1S/C10H10O2S.3CH3.Sn/c1-10(13(11)12)7-6-8-4-2-3-5-9(8)10;;;;/h2-7H,1H3,(H,11,12);3*1H3;/q;;;;+1/p-1. The Morgan fingerprint density at radius 1 is 1.24 bits per heavy atom. The van der Waals surface area contributed by atoms with E-state index in [2.05, 4.69) is 14.8 Å². The molecule has 0 fully saturated rings. The Morgan fingerprint density at radius 3 is 2.29 bits per heavy atom. The molecule has 92 valence electrons. The first kappa shape index (κ1) is 14.9. The van der Waals surface area contributed by atoms with E-state index in [1.165, 1.54) is 0 Å². The Bertz CT molecular complexity index is 440. The number of benzene rings is 1. The third kappa shape index (κ3) is 3.66. The quantitative estimate of drug-likeness (QED) is 0.572. The summed E-state index contributed by atoms with van der Waals surface area (Å²) in [5.41, 5.74) is 1.86. The van der Waals surface area contributed by atoms with Crippen LogP contribution in [0.4, 0.5) is 0 Å².